The van der Waals surface area contributed by atoms with E-state index in [1.165, 1.54) is 0 Å². The molecule has 0 saturated carbocycles. The van der Waals surface area contributed by atoms with Crippen molar-refractivity contribution in [2.45, 2.75) is 32.9 Å². The summed E-state index contributed by atoms with van der Waals surface area (Å²) in [5.41, 5.74) is 4.73. The summed E-state index contributed by atoms with van der Waals surface area (Å²) in [7, 11) is 1.60. The fourth-order valence-corrected chi connectivity index (χ4v) is 2.44. The van der Waals surface area contributed by atoms with E-state index in [0.717, 1.165) is 11.1 Å². The highest BCUT2D eigenvalue weighted by molar-refractivity contribution is 6.35. The van der Waals surface area contributed by atoms with E-state index >= 15 is 0 Å². The van der Waals surface area contributed by atoms with Gasteiger partial charge in [-0.25, -0.2) is 0 Å². The van der Waals surface area contributed by atoms with Crippen molar-refractivity contribution < 1.29 is 9.47 Å². The molecule has 1 N–H and O–H groups in total. The molecule has 6 heteroatoms. The molecule has 2 rings (SSSR count). The molecule has 0 aliphatic carbocycles. The quantitative estimate of drug-likeness (QED) is 0.545. The predicted molar refractivity (Wildman–Crippen MR) is 104 cm³/mol. The Morgan fingerprint density at radius 1 is 1.08 bits per heavy atom. The van der Waals surface area contributed by atoms with Gasteiger partial charge in [-0.2, -0.15) is 5.10 Å². The lowest BCUT2D eigenvalue weighted by Gasteiger charge is -2.17. The number of benzene rings is 2. The number of halogens is 2. The van der Waals surface area contributed by atoms with Gasteiger partial charge in [-0.3, -0.25) is 0 Å². The molecule has 0 saturated heterocycles. The Morgan fingerprint density at radius 2 is 1.84 bits per heavy atom. The molecule has 0 bridgehead atoms. The number of hydrogen-bond donors (Lipinski definition) is 1. The molecule has 0 spiro atoms. The normalized spacial score (nSPS) is 11.6. The first kappa shape index (κ1) is 19.4. The smallest absolute Gasteiger partial charge is 0.161 e. The Bertz CT molecular complexity index is 756. The van der Waals surface area contributed by atoms with Gasteiger partial charge in [0, 0.05) is 21.1 Å². The minimum absolute atomic E-state index is 0.0819. The van der Waals surface area contributed by atoms with E-state index in [0.29, 0.717) is 28.2 Å². The van der Waals surface area contributed by atoms with Crippen LogP contribution in [0, 0.1) is 0 Å². The van der Waals surface area contributed by atoms with Crippen LogP contribution in [0.3, 0.4) is 0 Å². The van der Waals surface area contributed by atoms with Gasteiger partial charge in [-0.1, -0.05) is 29.3 Å². The molecule has 0 fully saturated rings. The number of rotatable bonds is 6. The van der Waals surface area contributed by atoms with E-state index in [2.05, 4.69) is 10.5 Å². The van der Waals surface area contributed by atoms with E-state index in [4.69, 9.17) is 32.7 Å². The van der Waals surface area contributed by atoms with Crippen molar-refractivity contribution in [3.63, 3.8) is 0 Å². The average molecular weight is 381 g/mol. The molecule has 2 aromatic carbocycles. The minimum Gasteiger partial charge on any atom is -0.493 e. The Hall–Kier alpha value is -1.91. The van der Waals surface area contributed by atoms with Crippen LogP contribution in [0.1, 0.15) is 31.9 Å². The van der Waals surface area contributed by atoms with Crippen LogP contribution >= 0.6 is 23.2 Å². The molecular formula is C19H22Cl2N2O2. The number of methoxy groups -OCH3 is 1. The summed E-state index contributed by atoms with van der Waals surface area (Å²) in [6, 6.07) is 10.9. The molecule has 0 aromatic heterocycles. The van der Waals surface area contributed by atoms with Crippen LogP contribution in [0.4, 0.5) is 0 Å². The minimum atomic E-state index is -0.0819. The van der Waals surface area contributed by atoms with Gasteiger partial charge in [0.25, 0.3) is 0 Å². The standard InChI is InChI=1S/C19H22Cl2N2O2/c1-19(2,3)23-22-11-13-5-8-17(18(9-13)24-4)25-12-14-6-7-15(20)10-16(14)21/h5-11,23H,12H2,1-4H3. The van der Waals surface area contributed by atoms with E-state index < -0.39 is 0 Å². The van der Waals surface area contributed by atoms with Crippen LogP contribution in [0.5, 0.6) is 11.5 Å². The highest BCUT2D eigenvalue weighted by Crippen LogP contribution is 2.29. The van der Waals surface area contributed by atoms with Crippen molar-refractivity contribution in [3.8, 4) is 11.5 Å². The van der Waals surface area contributed by atoms with Crippen LogP contribution < -0.4 is 14.9 Å². The summed E-state index contributed by atoms with van der Waals surface area (Å²) in [5, 5.41) is 5.40. The summed E-state index contributed by atoms with van der Waals surface area (Å²) >= 11 is 12.1. The molecule has 4 nitrogen and oxygen atoms in total. The zero-order chi connectivity index (χ0) is 18.4. The first-order valence-corrected chi connectivity index (χ1v) is 8.59. The molecule has 0 unspecified atom stereocenters. The van der Waals surface area contributed by atoms with Crippen molar-refractivity contribution in [2.75, 3.05) is 7.11 Å². The summed E-state index contributed by atoms with van der Waals surface area (Å²) in [6.07, 6.45) is 1.74. The second-order valence-electron chi connectivity index (χ2n) is 6.55. The molecule has 0 aliphatic rings. The van der Waals surface area contributed by atoms with Crippen LogP contribution in [0.2, 0.25) is 10.0 Å². The summed E-state index contributed by atoms with van der Waals surface area (Å²) in [6.45, 7) is 6.46. The third-order valence-corrected chi connectivity index (χ3v) is 3.79. The third kappa shape index (κ3) is 6.15. The molecule has 0 aliphatic heterocycles. The average Bonchev–Trinajstić information content (AvgIpc) is 2.53. The summed E-state index contributed by atoms with van der Waals surface area (Å²) in [4.78, 5) is 0. The van der Waals surface area contributed by atoms with E-state index in [-0.39, 0.29) is 5.54 Å². The van der Waals surface area contributed by atoms with Crippen molar-refractivity contribution in [1.29, 1.82) is 0 Å². The van der Waals surface area contributed by atoms with Gasteiger partial charge >= 0.3 is 0 Å². The zero-order valence-electron chi connectivity index (χ0n) is 14.8. The van der Waals surface area contributed by atoms with Gasteiger partial charge in [-0.15, -0.1) is 0 Å². The Labute approximate surface area is 158 Å². The summed E-state index contributed by atoms with van der Waals surface area (Å²) in [5.74, 6) is 1.26. The molecule has 0 atom stereocenters. The fraction of sp³-hybridized carbons (Fsp3) is 0.316. The fourth-order valence-electron chi connectivity index (χ4n) is 1.98. The summed E-state index contributed by atoms with van der Waals surface area (Å²) < 4.78 is 11.2. The molecule has 0 heterocycles. The number of ether oxygens (including phenoxy) is 2. The lowest BCUT2D eigenvalue weighted by atomic mass is 10.1. The lowest BCUT2D eigenvalue weighted by Crippen LogP contribution is -2.31. The number of hydrazone groups is 1. The molecule has 0 amide bonds. The van der Waals surface area contributed by atoms with Crippen LogP contribution in [-0.2, 0) is 6.61 Å². The van der Waals surface area contributed by atoms with Crippen LogP contribution in [-0.4, -0.2) is 18.9 Å². The van der Waals surface area contributed by atoms with Gasteiger partial charge in [0.15, 0.2) is 11.5 Å². The topological polar surface area (TPSA) is 42.8 Å². The Kier molecular flexibility index (Phi) is 6.57. The largest absolute Gasteiger partial charge is 0.493 e. The van der Waals surface area contributed by atoms with E-state index in [1.54, 1.807) is 25.5 Å². The second kappa shape index (κ2) is 8.45. The number of hydrogen-bond acceptors (Lipinski definition) is 4. The molecule has 25 heavy (non-hydrogen) atoms. The van der Waals surface area contributed by atoms with Crippen molar-refractivity contribution in [3.05, 3.63) is 57.6 Å². The van der Waals surface area contributed by atoms with Crippen molar-refractivity contribution in [2.24, 2.45) is 5.10 Å². The number of nitrogens with one attached hydrogen (secondary N) is 1. The lowest BCUT2D eigenvalue weighted by molar-refractivity contribution is 0.284. The monoisotopic (exact) mass is 380 g/mol. The maximum atomic E-state index is 6.17. The SMILES string of the molecule is COc1cc(C=NNC(C)(C)C)ccc1OCc1ccc(Cl)cc1Cl. The van der Waals surface area contributed by atoms with Crippen molar-refractivity contribution in [1.82, 2.24) is 5.43 Å². The first-order valence-electron chi connectivity index (χ1n) is 7.83. The van der Waals surface area contributed by atoms with Gasteiger partial charge in [0.2, 0.25) is 0 Å². The van der Waals surface area contributed by atoms with Crippen molar-refractivity contribution >= 4 is 29.4 Å². The maximum Gasteiger partial charge on any atom is 0.161 e. The number of nitrogens with zero attached hydrogens (tertiary/aromatic N) is 1. The molecule has 134 valence electrons. The van der Waals surface area contributed by atoms with Gasteiger partial charge < -0.3 is 14.9 Å². The Morgan fingerprint density at radius 3 is 2.48 bits per heavy atom. The Balaban J connectivity index is 2.08. The van der Waals surface area contributed by atoms with E-state index in [9.17, 15) is 0 Å². The van der Waals surface area contributed by atoms with Gasteiger partial charge in [0.05, 0.1) is 13.3 Å². The highest BCUT2D eigenvalue weighted by atomic mass is 35.5. The third-order valence-electron chi connectivity index (χ3n) is 3.20. The van der Waals surface area contributed by atoms with Gasteiger partial charge in [0.1, 0.15) is 6.61 Å². The second-order valence-corrected chi connectivity index (χ2v) is 7.40. The zero-order valence-corrected chi connectivity index (χ0v) is 16.3. The highest BCUT2D eigenvalue weighted by Gasteiger charge is 2.09. The van der Waals surface area contributed by atoms with Gasteiger partial charge in [-0.05, 0) is 56.7 Å². The molecular weight excluding hydrogens is 359 g/mol. The van der Waals surface area contributed by atoms with Crippen LogP contribution in [0.15, 0.2) is 41.5 Å². The predicted octanol–water partition coefficient (Wildman–Crippen LogP) is 5.30. The van der Waals surface area contributed by atoms with E-state index in [1.807, 2.05) is 45.0 Å². The van der Waals surface area contributed by atoms with Crippen LogP contribution in [0.25, 0.3) is 0 Å². The first-order chi connectivity index (χ1) is 11.8. The molecule has 2 aromatic rings. The maximum absolute atomic E-state index is 6.17. The molecule has 0 radical (unpaired) electrons.